The van der Waals surface area contributed by atoms with Gasteiger partial charge in [0.15, 0.2) is 12.7 Å². The maximum atomic E-state index is 9.16. The molecule has 1 heterocycles. The number of nitrogen functional groups attached to an aromatic ring is 1. The first-order chi connectivity index (χ1) is 8.29. The Bertz CT molecular complexity index is 627. The normalized spacial score (nSPS) is 13.9. The first-order valence-electron chi connectivity index (χ1n) is 5.90. The number of hydrogen-bond acceptors (Lipinski definition) is 2. The highest BCUT2D eigenvalue weighted by molar-refractivity contribution is 5.87. The van der Waals surface area contributed by atoms with E-state index in [2.05, 4.69) is 16.8 Å². The Balaban J connectivity index is 0.00000120. The zero-order valence-corrected chi connectivity index (χ0v) is 10.7. The van der Waals surface area contributed by atoms with Gasteiger partial charge in [-0.3, -0.25) is 0 Å². The summed E-state index contributed by atoms with van der Waals surface area (Å²) in [5.41, 5.74) is 8.08. The van der Waals surface area contributed by atoms with Gasteiger partial charge in [-0.25, -0.2) is 0 Å². The third-order valence-corrected chi connectivity index (χ3v) is 3.36. The van der Waals surface area contributed by atoms with Crippen LogP contribution in [-0.2, 0) is 6.54 Å². The molecule has 0 aliphatic heterocycles. The van der Waals surface area contributed by atoms with E-state index in [-0.39, 0.29) is 12.4 Å². The molecule has 1 aliphatic carbocycles. The molecule has 92 valence electrons. The Hall–Kier alpha value is -1.79. The number of fused-ring (bicyclic) bond motifs is 1. The summed E-state index contributed by atoms with van der Waals surface area (Å²) in [6.45, 7) is 1.05. The van der Waals surface area contributed by atoms with Crippen LogP contribution in [0.4, 0.5) is 5.69 Å². The monoisotopic (exact) mass is 259 g/mol. The summed E-state index contributed by atoms with van der Waals surface area (Å²) in [6, 6.07) is 9.98. The Morgan fingerprint density at radius 2 is 2.11 bits per heavy atom. The fourth-order valence-corrected chi connectivity index (χ4v) is 2.23. The zero-order chi connectivity index (χ0) is 11.8. The number of rotatable bonds is 2. The van der Waals surface area contributed by atoms with Crippen LogP contribution in [-0.4, -0.2) is 0 Å². The van der Waals surface area contributed by atoms with E-state index < -0.39 is 0 Å². The summed E-state index contributed by atoms with van der Waals surface area (Å²) >= 11 is 0. The van der Waals surface area contributed by atoms with Crippen LogP contribution in [0, 0.1) is 17.2 Å². The van der Waals surface area contributed by atoms with Gasteiger partial charge in [0.1, 0.15) is 6.07 Å². The highest BCUT2D eigenvalue weighted by atomic mass is 35.5. The molecule has 0 amide bonds. The third kappa shape index (κ3) is 2.12. The van der Waals surface area contributed by atoms with Gasteiger partial charge in [-0.15, -0.1) is 0 Å². The van der Waals surface area contributed by atoms with Gasteiger partial charge in [0.05, 0.1) is 16.6 Å². The zero-order valence-electron chi connectivity index (χ0n) is 9.94. The number of hydrogen-bond donors (Lipinski definition) is 1. The van der Waals surface area contributed by atoms with E-state index in [1.165, 1.54) is 12.8 Å². The van der Waals surface area contributed by atoms with E-state index in [1.54, 1.807) is 0 Å². The minimum atomic E-state index is 0. The number of nitriles is 1. The lowest BCUT2D eigenvalue weighted by molar-refractivity contribution is -0.674. The SMILES string of the molecule is N#Cc1c(N)ccc2c1ccc[n+]2CC1CC1.[Cl-]. The Labute approximate surface area is 112 Å². The summed E-state index contributed by atoms with van der Waals surface area (Å²) in [7, 11) is 0. The van der Waals surface area contributed by atoms with Crippen LogP contribution in [0.3, 0.4) is 0 Å². The second kappa shape index (κ2) is 4.83. The topological polar surface area (TPSA) is 53.7 Å². The maximum Gasteiger partial charge on any atom is 0.213 e. The van der Waals surface area contributed by atoms with Crippen LogP contribution >= 0.6 is 0 Å². The smallest absolute Gasteiger partial charge is 0.213 e. The second-order valence-electron chi connectivity index (χ2n) is 4.68. The van der Waals surface area contributed by atoms with Crippen LogP contribution in [0.1, 0.15) is 18.4 Å². The van der Waals surface area contributed by atoms with E-state index in [0.29, 0.717) is 11.3 Å². The standard InChI is InChI=1S/C14H14N3.ClH/c15-8-12-11-2-1-7-17(9-10-3-4-10)14(11)6-5-13(12)16;/h1-2,5-7,10H,3-4,9,16H2;1H/q+1;/p-1. The molecule has 2 aromatic rings. The van der Waals surface area contributed by atoms with Crippen molar-refractivity contribution < 1.29 is 17.0 Å². The summed E-state index contributed by atoms with van der Waals surface area (Å²) < 4.78 is 2.23. The molecule has 3 rings (SSSR count). The van der Waals surface area contributed by atoms with Crippen molar-refractivity contribution in [2.45, 2.75) is 19.4 Å². The van der Waals surface area contributed by atoms with Gasteiger partial charge < -0.3 is 18.1 Å². The number of pyridine rings is 1. The van der Waals surface area contributed by atoms with Crippen molar-refractivity contribution in [3.8, 4) is 6.07 Å². The molecule has 1 fully saturated rings. The highest BCUT2D eigenvalue weighted by Crippen LogP contribution is 2.29. The first-order valence-corrected chi connectivity index (χ1v) is 5.90. The van der Waals surface area contributed by atoms with E-state index >= 15 is 0 Å². The Morgan fingerprint density at radius 3 is 2.78 bits per heavy atom. The largest absolute Gasteiger partial charge is 1.00 e. The number of nitrogens with two attached hydrogens (primary N) is 1. The molecule has 4 heteroatoms. The summed E-state index contributed by atoms with van der Waals surface area (Å²) in [5, 5.41) is 10.1. The van der Waals surface area contributed by atoms with Crippen molar-refractivity contribution >= 4 is 16.6 Å². The highest BCUT2D eigenvalue weighted by Gasteiger charge is 2.27. The molecule has 0 radical (unpaired) electrons. The molecule has 2 N–H and O–H groups in total. The summed E-state index contributed by atoms with van der Waals surface area (Å²) in [4.78, 5) is 0. The second-order valence-corrected chi connectivity index (χ2v) is 4.68. The molecule has 0 atom stereocenters. The minimum Gasteiger partial charge on any atom is -1.00 e. The van der Waals surface area contributed by atoms with Gasteiger partial charge >= 0.3 is 0 Å². The van der Waals surface area contributed by atoms with Gasteiger partial charge in [0.2, 0.25) is 5.52 Å². The molecule has 0 unspecified atom stereocenters. The van der Waals surface area contributed by atoms with Gasteiger partial charge in [0, 0.05) is 18.1 Å². The Kier molecular flexibility index (Phi) is 3.40. The third-order valence-electron chi connectivity index (χ3n) is 3.36. The van der Waals surface area contributed by atoms with Crippen LogP contribution in [0.25, 0.3) is 10.9 Å². The Morgan fingerprint density at radius 1 is 1.33 bits per heavy atom. The molecule has 0 bridgehead atoms. The fourth-order valence-electron chi connectivity index (χ4n) is 2.23. The van der Waals surface area contributed by atoms with Crippen LogP contribution in [0.15, 0.2) is 30.5 Å². The van der Waals surface area contributed by atoms with Crippen molar-refractivity contribution in [1.82, 2.24) is 0 Å². The van der Waals surface area contributed by atoms with Crippen molar-refractivity contribution in [3.05, 3.63) is 36.0 Å². The van der Waals surface area contributed by atoms with Gasteiger partial charge in [-0.2, -0.15) is 9.83 Å². The van der Waals surface area contributed by atoms with Crippen molar-refractivity contribution in [1.29, 1.82) is 5.26 Å². The predicted octanol–water partition coefficient (Wildman–Crippen LogP) is -1.00. The molecule has 18 heavy (non-hydrogen) atoms. The van der Waals surface area contributed by atoms with Gasteiger partial charge in [-0.05, 0) is 25.0 Å². The number of aromatic nitrogens is 1. The predicted molar refractivity (Wildman–Crippen MR) is 66.0 cm³/mol. The molecule has 1 saturated carbocycles. The molecule has 0 saturated heterocycles. The van der Waals surface area contributed by atoms with Crippen LogP contribution < -0.4 is 22.7 Å². The average molecular weight is 260 g/mol. The van der Waals surface area contributed by atoms with Crippen molar-refractivity contribution in [2.24, 2.45) is 5.92 Å². The van der Waals surface area contributed by atoms with Crippen LogP contribution in [0.2, 0.25) is 0 Å². The van der Waals surface area contributed by atoms with E-state index in [1.807, 2.05) is 24.3 Å². The van der Waals surface area contributed by atoms with E-state index in [0.717, 1.165) is 23.4 Å². The lowest BCUT2D eigenvalue weighted by Gasteiger charge is -2.03. The molecule has 1 aromatic carbocycles. The average Bonchev–Trinajstić information content (AvgIpc) is 3.13. The van der Waals surface area contributed by atoms with Gasteiger partial charge in [0.25, 0.3) is 0 Å². The number of halogens is 1. The molecule has 1 aliphatic rings. The minimum absolute atomic E-state index is 0. The lowest BCUT2D eigenvalue weighted by atomic mass is 10.1. The number of anilines is 1. The molecule has 1 aromatic heterocycles. The quantitative estimate of drug-likeness (QED) is 0.555. The summed E-state index contributed by atoms with van der Waals surface area (Å²) in [6.07, 6.45) is 4.73. The van der Waals surface area contributed by atoms with E-state index in [4.69, 9.17) is 11.0 Å². The first kappa shape index (κ1) is 12.7. The molecule has 3 nitrogen and oxygen atoms in total. The summed E-state index contributed by atoms with van der Waals surface area (Å²) in [5.74, 6) is 0.814. The molecular weight excluding hydrogens is 246 g/mol. The number of benzene rings is 1. The number of nitrogens with zero attached hydrogens (tertiary/aromatic N) is 2. The van der Waals surface area contributed by atoms with E-state index in [9.17, 15) is 0 Å². The van der Waals surface area contributed by atoms with Crippen molar-refractivity contribution in [3.63, 3.8) is 0 Å². The molecule has 0 spiro atoms. The van der Waals surface area contributed by atoms with Crippen molar-refractivity contribution in [2.75, 3.05) is 5.73 Å². The maximum absolute atomic E-state index is 9.16. The molecular formula is C14H14ClN3. The fraction of sp³-hybridized carbons (Fsp3) is 0.286. The van der Waals surface area contributed by atoms with Crippen LogP contribution in [0.5, 0.6) is 0 Å². The van der Waals surface area contributed by atoms with Gasteiger partial charge in [-0.1, -0.05) is 0 Å². The lowest BCUT2D eigenvalue weighted by Crippen LogP contribution is -3.00.